The van der Waals surface area contributed by atoms with Gasteiger partial charge in [-0.15, -0.1) is 0 Å². The number of sulfonamides is 1. The smallest absolute Gasteiger partial charge is 0.269 e. The average molecular weight is 399 g/mol. The van der Waals surface area contributed by atoms with E-state index in [-0.39, 0.29) is 11.9 Å². The molecule has 0 spiro atoms. The second-order valence-corrected chi connectivity index (χ2v) is 9.24. The third-order valence-electron chi connectivity index (χ3n) is 4.15. The van der Waals surface area contributed by atoms with Crippen molar-refractivity contribution in [2.45, 2.75) is 39.7 Å². The van der Waals surface area contributed by atoms with Gasteiger partial charge in [0, 0.05) is 18.2 Å². The lowest BCUT2D eigenvalue weighted by molar-refractivity contribution is 0.0943. The number of nitrogens with one attached hydrogen (secondary N) is 3. The normalized spacial score (nSPS) is 16.3. The molecule has 26 heavy (non-hydrogen) atoms. The van der Waals surface area contributed by atoms with Gasteiger partial charge in [0.1, 0.15) is 0 Å². The van der Waals surface area contributed by atoms with Crippen LogP contribution in [-0.4, -0.2) is 38.3 Å². The first-order valence-corrected chi connectivity index (χ1v) is 10.8. The van der Waals surface area contributed by atoms with Gasteiger partial charge in [-0.2, -0.15) is 0 Å². The Bertz CT molecular complexity index is 793. The maximum Gasteiger partial charge on any atom is 0.269 e. The van der Waals surface area contributed by atoms with Crippen LogP contribution in [-0.2, 0) is 16.4 Å². The van der Waals surface area contributed by atoms with Gasteiger partial charge in [-0.3, -0.25) is 20.0 Å². The highest BCUT2D eigenvalue weighted by atomic mass is 32.2. The summed E-state index contributed by atoms with van der Waals surface area (Å²) in [6, 6.07) is 4.85. The molecule has 0 unspecified atom stereocenters. The molecule has 144 valence electrons. The lowest BCUT2D eigenvalue weighted by atomic mass is 10.1. The van der Waals surface area contributed by atoms with Crippen molar-refractivity contribution in [3.05, 3.63) is 29.3 Å². The highest BCUT2D eigenvalue weighted by molar-refractivity contribution is 7.92. The van der Waals surface area contributed by atoms with Gasteiger partial charge < -0.3 is 5.32 Å². The third-order valence-corrected chi connectivity index (χ3v) is 5.67. The standard InChI is InChI=1S/C17H26N4O3S2/c1-11(2)7-8-18-17(25)20-19-16(22)13-5-6-15-14(10-13)9-12(3)21(15)26(4,23)24/h5-6,10-12H,7-9H2,1-4H3,(H,19,22)(H2,18,20,25)/t12-/m0/s1. The third kappa shape index (κ3) is 5.07. The summed E-state index contributed by atoms with van der Waals surface area (Å²) in [5.41, 5.74) is 7.16. The van der Waals surface area contributed by atoms with Gasteiger partial charge in [-0.25, -0.2) is 8.42 Å². The predicted octanol–water partition coefficient (Wildman–Crippen LogP) is 1.55. The van der Waals surface area contributed by atoms with Crippen molar-refractivity contribution in [3.63, 3.8) is 0 Å². The van der Waals surface area contributed by atoms with Crippen LogP contribution in [0.4, 0.5) is 5.69 Å². The molecule has 1 aromatic rings. The number of anilines is 1. The molecular weight excluding hydrogens is 372 g/mol. The van der Waals surface area contributed by atoms with Gasteiger partial charge in [-0.1, -0.05) is 13.8 Å². The van der Waals surface area contributed by atoms with E-state index in [2.05, 4.69) is 30.0 Å². The number of nitrogens with zero attached hydrogens (tertiary/aromatic N) is 1. The maximum atomic E-state index is 12.3. The molecule has 1 heterocycles. The van der Waals surface area contributed by atoms with E-state index in [1.54, 1.807) is 18.2 Å². The second-order valence-electron chi connectivity index (χ2n) is 6.97. The maximum absolute atomic E-state index is 12.3. The van der Waals surface area contributed by atoms with E-state index in [4.69, 9.17) is 12.2 Å². The zero-order valence-corrected chi connectivity index (χ0v) is 17.1. The van der Waals surface area contributed by atoms with Crippen molar-refractivity contribution < 1.29 is 13.2 Å². The Kier molecular flexibility index (Phi) is 6.46. The molecule has 0 radical (unpaired) electrons. The van der Waals surface area contributed by atoms with E-state index in [0.717, 1.165) is 18.5 Å². The quantitative estimate of drug-likeness (QED) is 0.515. The summed E-state index contributed by atoms with van der Waals surface area (Å²) in [7, 11) is -3.34. The highest BCUT2D eigenvalue weighted by Gasteiger charge is 2.32. The van der Waals surface area contributed by atoms with Crippen molar-refractivity contribution >= 4 is 38.9 Å². The number of benzene rings is 1. The van der Waals surface area contributed by atoms with Gasteiger partial charge in [0.05, 0.1) is 11.9 Å². The summed E-state index contributed by atoms with van der Waals surface area (Å²) in [6.45, 7) is 6.83. The monoisotopic (exact) mass is 398 g/mol. The van der Waals surface area contributed by atoms with Crippen LogP contribution in [0.15, 0.2) is 18.2 Å². The van der Waals surface area contributed by atoms with E-state index < -0.39 is 10.0 Å². The minimum Gasteiger partial charge on any atom is -0.361 e. The number of fused-ring (bicyclic) bond motifs is 1. The lowest BCUT2D eigenvalue weighted by Crippen LogP contribution is -2.47. The first kappa shape index (κ1) is 20.4. The van der Waals surface area contributed by atoms with Crippen molar-refractivity contribution in [1.29, 1.82) is 0 Å². The molecule has 7 nitrogen and oxygen atoms in total. The summed E-state index contributed by atoms with van der Waals surface area (Å²) >= 11 is 5.12. The molecule has 9 heteroatoms. The molecule has 0 bridgehead atoms. The minimum atomic E-state index is -3.34. The Morgan fingerprint density at radius 1 is 1.35 bits per heavy atom. The summed E-state index contributed by atoms with van der Waals surface area (Å²) in [4.78, 5) is 12.3. The van der Waals surface area contributed by atoms with Crippen LogP contribution in [0.2, 0.25) is 0 Å². The lowest BCUT2D eigenvalue weighted by Gasteiger charge is -2.21. The number of carbonyl (C=O) groups excluding carboxylic acids is 1. The van der Waals surface area contributed by atoms with Crippen molar-refractivity contribution in [2.75, 3.05) is 17.1 Å². The molecule has 1 aliphatic rings. The van der Waals surface area contributed by atoms with Gasteiger partial charge in [0.15, 0.2) is 5.11 Å². The molecule has 1 aliphatic heterocycles. The number of hydrazine groups is 1. The Morgan fingerprint density at radius 3 is 2.65 bits per heavy atom. The van der Waals surface area contributed by atoms with E-state index >= 15 is 0 Å². The Hall–Kier alpha value is -1.87. The number of carbonyl (C=O) groups is 1. The van der Waals surface area contributed by atoms with Crippen LogP contribution in [0.25, 0.3) is 0 Å². The van der Waals surface area contributed by atoms with Crippen molar-refractivity contribution in [1.82, 2.24) is 16.2 Å². The minimum absolute atomic E-state index is 0.158. The van der Waals surface area contributed by atoms with Crippen LogP contribution >= 0.6 is 12.2 Å². The fraction of sp³-hybridized carbons (Fsp3) is 0.529. The fourth-order valence-electron chi connectivity index (χ4n) is 2.95. The molecule has 3 N–H and O–H groups in total. The SMILES string of the molecule is CC(C)CCNC(=S)NNC(=O)c1ccc2c(c1)C[C@H](C)N2S(C)(=O)=O. The Morgan fingerprint density at radius 2 is 2.04 bits per heavy atom. The van der Waals surface area contributed by atoms with E-state index in [1.807, 2.05) is 6.92 Å². The molecule has 0 saturated carbocycles. The van der Waals surface area contributed by atoms with E-state index in [0.29, 0.717) is 28.7 Å². The highest BCUT2D eigenvalue weighted by Crippen LogP contribution is 2.34. The second kappa shape index (κ2) is 8.22. The molecule has 0 saturated heterocycles. The molecule has 0 aliphatic carbocycles. The molecule has 2 rings (SSSR count). The Labute approximate surface area is 160 Å². The van der Waals surface area contributed by atoms with Crippen LogP contribution in [0.5, 0.6) is 0 Å². The van der Waals surface area contributed by atoms with Crippen LogP contribution < -0.4 is 20.5 Å². The van der Waals surface area contributed by atoms with Crippen LogP contribution in [0, 0.1) is 5.92 Å². The number of rotatable bonds is 5. The number of hydrogen-bond acceptors (Lipinski definition) is 4. The largest absolute Gasteiger partial charge is 0.361 e. The molecule has 0 aromatic heterocycles. The van der Waals surface area contributed by atoms with Crippen LogP contribution in [0.3, 0.4) is 0 Å². The van der Waals surface area contributed by atoms with Crippen molar-refractivity contribution in [2.24, 2.45) is 5.92 Å². The molecular formula is C17H26N4O3S2. The first-order chi connectivity index (χ1) is 12.1. The topological polar surface area (TPSA) is 90.5 Å². The summed E-state index contributed by atoms with van der Waals surface area (Å²) in [6.07, 6.45) is 2.75. The number of thiocarbonyl (C=S) groups is 1. The summed E-state index contributed by atoms with van der Waals surface area (Å²) in [5.74, 6) is 0.242. The van der Waals surface area contributed by atoms with Gasteiger partial charge in [0.25, 0.3) is 5.91 Å². The average Bonchev–Trinajstić information content (AvgIpc) is 2.86. The van der Waals surface area contributed by atoms with Gasteiger partial charge >= 0.3 is 0 Å². The van der Waals surface area contributed by atoms with E-state index in [9.17, 15) is 13.2 Å². The number of amides is 1. The predicted molar refractivity (Wildman–Crippen MR) is 108 cm³/mol. The zero-order chi connectivity index (χ0) is 19.5. The van der Waals surface area contributed by atoms with Crippen molar-refractivity contribution in [3.8, 4) is 0 Å². The van der Waals surface area contributed by atoms with Crippen LogP contribution in [0.1, 0.15) is 43.1 Å². The molecule has 1 amide bonds. The van der Waals surface area contributed by atoms with E-state index in [1.165, 1.54) is 10.6 Å². The summed E-state index contributed by atoms with van der Waals surface area (Å²) < 4.78 is 25.3. The molecule has 1 aromatic carbocycles. The van der Waals surface area contributed by atoms with Gasteiger partial charge in [0.2, 0.25) is 10.0 Å². The number of hydrogen-bond donors (Lipinski definition) is 3. The Balaban J connectivity index is 1.98. The summed E-state index contributed by atoms with van der Waals surface area (Å²) in [5, 5.41) is 3.38. The first-order valence-electron chi connectivity index (χ1n) is 8.56. The molecule has 1 atom stereocenters. The molecule has 0 fully saturated rings. The van der Waals surface area contributed by atoms with Gasteiger partial charge in [-0.05, 0) is 61.7 Å². The zero-order valence-electron chi connectivity index (χ0n) is 15.5. The fourth-order valence-corrected chi connectivity index (χ4v) is 4.37.